The summed E-state index contributed by atoms with van der Waals surface area (Å²) in [7, 11) is 0. The third-order valence-corrected chi connectivity index (χ3v) is 8.82. The molecule has 6 heteroatoms. The van der Waals surface area contributed by atoms with Gasteiger partial charge in [0.15, 0.2) is 5.82 Å². The standard InChI is InChI=1S/C30H29FN4O/c1-29(2)24-11-10-21-25(20-6-4-5-7-22(20)31)34-28(18-12-13-32-23(14-18)17-8-9-17)35-26(21)30(24,3)15-19-16-33-36-27(19)29/h4-7,12-14,16-17,24H,8-11,15H2,1-3H3/t24-,30-/m1/s1. The number of halogens is 1. The highest BCUT2D eigenvalue weighted by Crippen LogP contribution is 2.56. The number of aromatic nitrogens is 4. The summed E-state index contributed by atoms with van der Waals surface area (Å²) >= 11 is 0. The Morgan fingerprint density at radius 1 is 1.03 bits per heavy atom. The van der Waals surface area contributed by atoms with Gasteiger partial charge in [0.25, 0.3) is 0 Å². The molecule has 1 aromatic carbocycles. The van der Waals surface area contributed by atoms with Crippen LogP contribution in [0.25, 0.3) is 22.6 Å². The van der Waals surface area contributed by atoms with E-state index in [1.165, 1.54) is 18.9 Å². The molecule has 3 aromatic heterocycles. The average molecular weight is 481 g/mol. The van der Waals surface area contributed by atoms with E-state index < -0.39 is 0 Å². The molecule has 5 nitrogen and oxygen atoms in total. The zero-order valence-electron chi connectivity index (χ0n) is 20.9. The first-order valence-electron chi connectivity index (χ1n) is 12.9. The van der Waals surface area contributed by atoms with Crippen molar-refractivity contribution < 1.29 is 8.91 Å². The molecule has 3 aliphatic rings. The number of hydrogen-bond donors (Lipinski definition) is 0. The van der Waals surface area contributed by atoms with Gasteiger partial charge in [-0.15, -0.1) is 0 Å². The van der Waals surface area contributed by atoms with Gasteiger partial charge in [-0.1, -0.05) is 38.1 Å². The molecule has 0 N–H and O–H groups in total. The van der Waals surface area contributed by atoms with E-state index in [0.29, 0.717) is 28.9 Å². The molecule has 0 unspecified atom stereocenters. The number of benzene rings is 1. The second kappa shape index (κ2) is 7.55. The highest BCUT2D eigenvalue weighted by Gasteiger charge is 2.55. The first kappa shape index (κ1) is 21.8. The van der Waals surface area contributed by atoms with Crippen LogP contribution in [0.15, 0.2) is 53.3 Å². The molecular formula is C30H29FN4O. The molecule has 7 rings (SSSR count). The molecule has 4 aromatic rings. The van der Waals surface area contributed by atoms with Gasteiger partial charge in [-0.25, -0.2) is 14.4 Å². The third-order valence-electron chi connectivity index (χ3n) is 8.82. The molecule has 36 heavy (non-hydrogen) atoms. The number of fused-ring (bicyclic) bond motifs is 4. The van der Waals surface area contributed by atoms with Crippen LogP contribution in [0.4, 0.5) is 4.39 Å². The van der Waals surface area contributed by atoms with Crippen molar-refractivity contribution in [3.8, 4) is 22.6 Å². The van der Waals surface area contributed by atoms with Crippen LogP contribution >= 0.6 is 0 Å². The van der Waals surface area contributed by atoms with E-state index in [1.54, 1.807) is 6.07 Å². The van der Waals surface area contributed by atoms with E-state index in [2.05, 4.69) is 37.0 Å². The summed E-state index contributed by atoms with van der Waals surface area (Å²) in [6, 6.07) is 11.1. The molecule has 0 bridgehead atoms. The second-order valence-corrected chi connectivity index (χ2v) is 11.5. The summed E-state index contributed by atoms with van der Waals surface area (Å²) < 4.78 is 20.9. The Labute approximate surface area is 210 Å². The van der Waals surface area contributed by atoms with Crippen molar-refractivity contribution in [1.29, 1.82) is 0 Å². The van der Waals surface area contributed by atoms with Crippen molar-refractivity contribution in [2.45, 2.75) is 69.6 Å². The molecule has 3 heterocycles. The van der Waals surface area contributed by atoms with Crippen molar-refractivity contribution >= 4 is 0 Å². The van der Waals surface area contributed by atoms with Gasteiger partial charge in [0.2, 0.25) is 0 Å². The maximum Gasteiger partial charge on any atom is 0.160 e. The second-order valence-electron chi connectivity index (χ2n) is 11.5. The largest absolute Gasteiger partial charge is 0.361 e. The fourth-order valence-electron chi connectivity index (χ4n) is 7.00. The molecular weight excluding hydrogens is 451 g/mol. The Hall–Kier alpha value is -3.41. The van der Waals surface area contributed by atoms with Gasteiger partial charge in [-0.3, -0.25) is 4.98 Å². The molecule has 182 valence electrons. The third kappa shape index (κ3) is 3.12. The molecule has 0 saturated heterocycles. The van der Waals surface area contributed by atoms with Crippen molar-refractivity contribution in [3.05, 3.63) is 82.9 Å². The molecule has 0 spiro atoms. The number of nitrogens with zero attached hydrogens (tertiary/aromatic N) is 4. The topological polar surface area (TPSA) is 64.7 Å². The van der Waals surface area contributed by atoms with Crippen LogP contribution in [0.2, 0.25) is 0 Å². The van der Waals surface area contributed by atoms with Crippen LogP contribution in [-0.2, 0) is 23.7 Å². The predicted molar refractivity (Wildman–Crippen MR) is 135 cm³/mol. The Bertz CT molecular complexity index is 1500. The van der Waals surface area contributed by atoms with E-state index in [1.807, 2.05) is 30.6 Å². The summed E-state index contributed by atoms with van der Waals surface area (Å²) in [5.74, 6) is 2.22. The van der Waals surface area contributed by atoms with Gasteiger partial charge in [0, 0.05) is 50.9 Å². The molecule has 1 saturated carbocycles. The maximum absolute atomic E-state index is 15.2. The number of rotatable bonds is 3. The lowest BCUT2D eigenvalue weighted by atomic mass is 9.51. The Morgan fingerprint density at radius 2 is 1.86 bits per heavy atom. The lowest BCUT2D eigenvalue weighted by Crippen LogP contribution is -2.52. The molecule has 0 radical (unpaired) electrons. The summed E-state index contributed by atoms with van der Waals surface area (Å²) in [5, 5.41) is 4.15. The Morgan fingerprint density at radius 3 is 2.67 bits per heavy atom. The molecule has 2 atom stereocenters. The highest BCUT2D eigenvalue weighted by atomic mass is 19.1. The van der Waals surface area contributed by atoms with Crippen LogP contribution in [0.1, 0.15) is 74.2 Å². The highest BCUT2D eigenvalue weighted by molar-refractivity contribution is 5.70. The van der Waals surface area contributed by atoms with E-state index in [-0.39, 0.29) is 16.6 Å². The zero-order chi connectivity index (χ0) is 24.7. The van der Waals surface area contributed by atoms with E-state index in [9.17, 15) is 0 Å². The smallest absolute Gasteiger partial charge is 0.160 e. The minimum absolute atomic E-state index is 0.185. The number of pyridine rings is 1. The average Bonchev–Trinajstić information content (AvgIpc) is 3.62. The van der Waals surface area contributed by atoms with Gasteiger partial charge < -0.3 is 4.52 Å². The minimum Gasteiger partial charge on any atom is -0.361 e. The minimum atomic E-state index is -0.254. The van der Waals surface area contributed by atoms with Gasteiger partial charge in [-0.2, -0.15) is 0 Å². The van der Waals surface area contributed by atoms with Crippen LogP contribution in [-0.4, -0.2) is 20.1 Å². The zero-order valence-corrected chi connectivity index (χ0v) is 20.9. The van der Waals surface area contributed by atoms with E-state index in [0.717, 1.165) is 53.1 Å². The van der Waals surface area contributed by atoms with E-state index in [4.69, 9.17) is 14.5 Å². The van der Waals surface area contributed by atoms with Crippen molar-refractivity contribution in [3.63, 3.8) is 0 Å². The van der Waals surface area contributed by atoms with Gasteiger partial charge >= 0.3 is 0 Å². The van der Waals surface area contributed by atoms with Crippen molar-refractivity contribution in [2.24, 2.45) is 5.92 Å². The van der Waals surface area contributed by atoms with Crippen LogP contribution in [0.3, 0.4) is 0 Å². The fraction of sp³-hybridized carbons (Fsp3) is 0.400. The predicted octanol–water partition coefficient (Wildman–Crippen LogP) is 6.56. The molecule has 1 fully saturated rings. The molecule has 0 aliphatic heterocycles. The summed E-state index contributed by atoms with van der Waals surface area (Å²) in [6.07, 6.45) is 8.63. The maximum atomic E-state index is 15.2. The van der Waals surface area contributed by atoms with Crippen LogP contribution in [0, 0.1) is 11.7 Å². The SMILES string of the molecule is CC1(C)c2oncc2C[C@@]2(C)c3nc(-c4ccnc(C5CC5)c4)nc(-c4ccccc4F)c3CC[C@H]12. The van der Waals surface area contributed by atoms with Gasteiger partial charge in [0.05, 0.1) is 17.6 Å². The first-order valence-corrected chi connectivity index (χ1v) is 12.9. The molecule has 0 amide bonds. The summed E-state index contributed by atoms with van der Waals surface area (Å²) in [6.45, 7) is 6.83. The lowest BCUT2D eigenvalue weighted by molar-refractivity contribution is 0.109. The fourth-order valence-corrected chi connectivity index (χ4v) is 7.00. The van der Waals surface area contributed by atoms with E-state index >= 15 is 4.39 Å². The summed E-state index contributed by atoms with van der Waals surface area (Å²) in [5.41, 5.74) is 6.09. The van der Waals surface area contributed by atoms with Gasteiger partial charge in [0.1, 0.15) is 11.6 Å². The normalized spacial score (nSPS) is 24.1. The van der Waals surface area contributed by atoms with Gasteiger partial charge in [-0.05, 0) is 62.3 Å². The monoisotopic (exact) mass is 480 g/mol. The van der Waals surface area contributed by atoms with Crippen molar-refractivity contribution in [1.82, 2.24) is 20.1 Å². The lowest BCUT2D eigenvalue weighted by Gasteiger charge is -2.52. The first-order chi connectivity index (χ1) is 17.4. The Balaban J connectivity index is 1.48. The Kier molecular flexibility index (Phi) is 4.58. The van der Waals surface area contributed by atoms with Crippen molar-refractivity contribution in [2.75, 3.05) is 0 Å². The molecule has 3 aliphatic carbocycles. The van der Waals surface area contributed by atoms with Crippen LogP contribution in [0.5, 0.6) is 0 Å². The number of hydrogen-bond acceptors (Lipinski definition) is 5. The van der Waals surface area contributed by atoms with Crippen LogP contribution < -0.4 is 0 Å². The summed E-state index contributed by atoms with van der Waals surface area (Å²) in [4.78, 5) is 14.9. The quantitative estimate of drug-likeness (QED) is 0.332.